The number of nitrogens with two attached hydrogens (primary N) is 1. The first-order valence-electron chi connectivity index (χ1n) is 3.79. The summed E-state index contributed by atoms with van der Waals surface area (Å²) in [7, 11) is 0. The normalized spacial score (nSPS) is 12.0. The summed E-state index contributed by atoms with van der Waals surface area (Å²) in [6, 6.07) is 3.81. The number of rotatable bonds is 1. The molecule has 2 aromatic rings. The first-order chi connectivity index (χ1) is 6.18. The van der Waals surface area contributed by atoms with Crippen LogP contribution in [0.2, 0.25) is 0 Å². The van der Waals surface area contributed by atoms with E-state index < -0.39 is 19.8 Å². The fourth-order valence-electron chi connectivity index (χ4n) is 1.10. The van der Waals surface area contributed by atoms with E-state index in [4.69, 9.17) is 5.73 Å². The van der Waals surface area contributed by atoms with Crippen LogP contribution in [0.3, 0.4) is 0 Å². The molecule has 0 aliphatic heterocycles. The molecule has 0 spiro atoms. The van der Waals surface area contributed by atoms with E-state index in [-0.39, 0.29) is 0 Å². The number of nitrogens with zero attached hydrogens (tertiary/aromatic N) is 3. The molecular formula is C8H11IN4. The van der Waals surface area contributed by atoms with Crippen LogP contribution in [0.1, 0.15) is 0 Å². The second-order valence-corrected chi connectivity index (χ2v) is 8.28. The predicted molar refractivity (Wildman–Crippen MR) is 62.0 cm³/mol. The minimum absolute atomic E-state index is 0.677. The second kappa shape index (κ2) is 3.13. The Kier molecular flexibility index (Phi) is 2.10. The van der Waals surface area contributed by atoms with Crippen molar-refractivity contribution in [2.24, 2.45) is 0 Å². The van der Waals surface area contributed by atoms with Crippen LogP contribution < -0.4 is 5.73 Å². The van der Waals surface area contributed by atoms with E-state index in [1.54, 1.807) is 10.7 Å². The van der Waals surface area contributed by atoms with E-state index in [1.807, 2.05) is 12.1 Å². The summed E-state index contributed by atoms with van der Waals surface area (Å²) < 4.78 is 2.82. The van der Waals surface area contributed by atoms with Crippen molar-refractivity contribution in [3.8, 4) is 0 Å². The van der Waals surface area contributed by atoms with Crippen molar-refractivity contribution < 1.29 is 0 Å². The molecule has 0 unspecified atom stereocenters. The van der Waals surface area contributed by atoms with Crippen LogP contribution in [0.4, 0.5) is 5.82 Å². The first-order valence-corrected chi connectivity index (χ1v) is 9.18. The van der Waals surface area contributed by atoms with Gasteiger partial charge >= 0.3 is 83.5 Å². The molecule has 2 rings (SSSR count). The summed E-state index contributed by atoms with van der Waals surface area (Å²) in [4.78, 5) is 8.98. The summed E-state index contributed by atoms with van der Waals surface area (Å²) in [5, 5.41) is 4.07. The molecule has 2 heterocycles. The number of fused-ring (bicyclic) bond motifs is 1. The molecule has 0 amide bonds. The monoisotopic (exact) mass is 290 g/mol. The summed E-state index contributed by atoms with van der Waals surface area (Å²) in [5.41, 5.74) is 6.67. The number of aromatic nitrogens is 3. The molecule has 0 aliphatic rings. The third-order valence-corrected chi connectivity index (χ3v) is 4.51. The van der Waals surface area contributed by atoms with Gasteiger partial charge in [0.15, 0.2) is 0 Å². The minimum atomic E-state index is -1.03. The van der Waals surface area contributed by atoms with Gasteiger partial charge in [-0.1, -0.05) is 0 Å². The topological polar surface area (TPSA) is 56.2 Å². The van der Waals surface area contributed by atoms with E-state index in [2.05, 4.69) is 19.9 Å². The molecular weight excluding hydrogens is 279 g/mol. The maximum absolute atomic E-state index is 5.82. The number of alkyl halides is 2. The molecule has 13 heavy (non-hydrogen) atoms. The van der Waals surface area contributed by atoms with E-state index in [0.29, 0.717) is 5.82 Å². The van der Waals surface area contributed by atoms with Gasteiger partial charge in [0.2, 0.25) is 0 Å². The van der Waals surface area contributed by atoms with Gasteiger partial charge in [-0.25, -0.2) is 0 Å². The van der Waals surface area contributed by atoms with Crippen LogP contribution in [0.15, 0.2) is 18.3 Å². The predicted octanol–water partition coefficient (Wildman–Crippen LogP) is 1.25. The van der Waals surface area contributed by atoms with E-state index in [0.717, 1.165) is 9.35 Å². The molecule has 70 valence electrons. The average Bonchev–Trinajstić information content (AvgIpc) is 2.51. The summed E-state index contributed by atoms with van der Waals surface area (Å²) in [6.07, 6.45) is 1.71. The van der Waals surface area contributed by atoms with Gasteiger partial charge in [0.1, 0.15) is 0 Å². The molecule has 2 N–H and O–H groups in total. The van der Waals surface area contributed by atoms with E-state index in [1.165, 1.54) is 0 Å². The van der Waals surface area contributed by atoms with Crippen LogP contribution in [-0.4, -0.2) is 24.5 Å². The zero-order valence-electron chi connectivity index (χ0n) is 7.53. The van der Waals surface area contributed by atoms with Gasteiger partial charge in [-0.05, 0) is 0 Å². The summed E-state index contributed by atoms with van der Waals surface area (Å²) in [6.45, 7) is 0. The zero-order chi connectivity index (χ0) is 9.42. The van der Waals surface area contributed by atoms with Gasteiger partial charge < -0.3 is 0 Å². The van der Waals surface area contributed by atoms with Crippen LogP contribution in [0.25, 0.3) is 5.65 Å². The van der Waals surface area contributed by atoms with Gasteiger partial charge in [-0.3, -0.25) is 0 Å². The molecule has 0 saturated carbocycles. The fourth-order valence-corrected chi connectivity index (χ4v) is 2.77. The number of hydrogen-bond donors (Lipinski definition) is 1. The van der Waals surface area contributed by atoms with Crippen LogP contribution >= 0.6 is 19.8 Å². The summed E-state index contributed by atoms with van der Waals surface area (Å²) >= 11 is -1.03. The maximum atomic E-state index is 5.82. The van der Waals surface area contributed by atoms with Crippen molar-refractivity contribution in [3.05, 3.63) is 22.0 Å². The van der Waals surface area contributed by atoms with Crippen molar-refractivity contribution in [2.45, 2.75) is 0 Å². The third kappa shape index (κ3) is 1.48. The zero-order valence-corrected chi connectivity index (χ0v) is 9.69. The van der Waals surface area contributed by atoms with Crippen molar-refractivity contribution in [1.82, 2.24) is 14.6 Å². The number of halogens is 1. The van der Waals surface area contributed by atoms with Crippen LogP contribution in [0.5, 0.6) is 0 Å². The van der Waals surface area contributed by atoms with Gasteiger partial charge in [0.05, 0.1) is 0 Å². The Balaban J connectivity index is 2.70. The molecule has 2 aromatic heterocycles. The van der Waals surface area contributed by atoms with Crippen molar-refractivity contribution in [2.75, 3.05) is 15.6 Å². The Morgan fingerprint density at radius 3 is 2.92 bits per heavy atom. The SMILES string of the molecule is CI(C)c1cc(N)n2nccc2n1. The van der Waals surface area contributed by atoms with Crippen LogP contribution in [0, 0.1) is 3.70 Å². The molecule has 0 saturated heterocycles. The molecule has 0 fully saturated rings. The first kappa shape index (κ1) is 8.74. The van der Waals surface area contributed by atoms with Gasteiger partial charge in [-0.15, -0.1) is 0 Å². The molecule has 0 aromatic carbocycles. The molecule has 4 nitrogen and oxygen atoms in total. The average molecular weight is 290 g/mol. The Labute approximate surface area is 83.5 Å². The van der Waals surface area contributed by atoms with E-state index in [9.17, 15) is 0 Å². The molecule has 0 aliphatic carbocycles. The Bertz CT molecular complexity index is 435. The molecule has 0 radical (unpaired) electrons. The second-order valence-electron chi connectivity index (χ2n) is 2.86. The summed E-state index contributed by atoms with van der Waals surface area (Å²) in [5.74, 6) is 0.677. The van der Waals surface area contributed by atoms with Gasteiger partial charge in [0.25, 0.3) is 0 Å². The Hall–Kier alpha value is -0.850. The standard InChI is InChI=1S/C8H11IN4/c1-9(2)6-5-7(10)13-8(12-6)3-4-11-13/h3-5H,10H2,1-2H3. The molecule has 0 atom stereocenters. The third-order valence-electron chi connectivity index (χ3n) is 1.74. The quantitative estimate of drug-likeness (QED) is 0.488. The number of hydrogen-bond acceptors (Lipinski definition) is 3. The number of nitrogen functional groups attached to an aromatic ring is 1. The number of anilines is 1. The molecule has 0 bridgehead atoms. The van der Waals surface area contributed by atoms with Gasteiger partial charge in [0, 0.05) is 0 Å². The van der Waals surface area contributed by atoms with Crippen molar-refractivity contribution in [3.63, 3.8) is 0 Å². The van der Waals surface area contributed by atoms with Crippen molar-refractivity contribution in [1.29, 1.82) is 0 Å². The van der Waals surface area contributed by atoms with Crippen molar-refractivity contribution >= 4 is 31.3 Å². The fraction of sp³-hybridized carbons (Fsp3) is 0.250. The molecule has 5 heteroatoms. The Morgan fingerprint density at radius 2 is 2.23 bits per heavy atom. The van der Waals surface area contributed by atoms with E-state index >= 15 is 0 Å². The Morgan fingerprint density at radius 1 is 1.46 bits per heavy atom. The van der Waals surface area contributed by atoms with Gasteiger partial charge in [-0.2, -0.15) is 0 Å². The van der Waals surface area contributed by atoms with Crippen LogP contribution in [-0.2, 0) is 0 Å².